The molecule has 2 aliphatic rings. The Balaban J connectivity index is 1.39. The Hall–Kier alpha value is -3.33. The molecule has 4 heterocycles. The molecule has 0 radical (unpaired) electrons. The maximum absolute atomic E-state index is 13.7. The summed E-state index contributed by atoms with van der Waals surface area (Å²) in [7, 11) is 0. The van der Waals surface area contributed by atoms with E-state index in [-0.39, 0.29) is 30.7 Å². The molecule has 2 N–H and O–H groups in total. The van der Waals surface area contributed by atoms with Crippen molar-refractivity contribution in [3.8, 4) is 0 Å². The smallest absolute Gasteiger partial charge is 0.242 e. The van der Waals surface area contributed by atoms with Gasteiger partial charge < -0.3 is 19.9 Å². The number of aromatic nitrogens is 3. The summed E-state index contributed by atoms with van der Waals surface area (Å²) in [5, 5.41) is 2.30. The van der Waals surface area contributed by atoms with Gasteiger partial charge in [0.25, 0.3) is 0 Å². The zero-order valence-corrected chi connectivity index (χ0v) is 24.3. The first-order valence-electron chi connectivity index (χ1n) is 15.2. The lowest BCUT2D eigenvalue weighted by atomic mass is 9.90. The third kappa shape index (κ3) is 5.73. The Bertz CT molecular complexity index is 1510. The molecule has 1 aliphatic heterocycles. The van der Waals surface area contributed by atoms with Crippen molar-refractivity contribution in [1.82, 2.24) is 24.3 Å². The number of unbranched alkanes of at least 4 members (excludes halogenated alkanes) is 1. The molecule has 1 fully saturated rings. The van der Waals surface area contributed by atoms with Gasteiger partial charge in [0.2, 0.25) is 5.91 Å². The van der Waals surface area contributed by atoms with Crippen LogP contribution in [0.25, 0.3) is 21.8 Å². The number of fused-ring (bicyclic) bond motifs is 4. The summed E-state index contributed by atoms with van der Waals surface area (Å²) in [5.41, 5.74) is 11.6. The summed E-state index contributed by atoms with van der Waals surface area (Å²) in [6, 6.07) is 15.0. The highest BCUT2D eigenvalue weighted by Crippen LogP contribution is 2.36. The van der Waals surface area contributed by atoms with Crippen molar-refractivity contribution in [2.24, 2.45) is 5.73 Å². The van der Waals surface area contributed by atoms with E-state index in [9.17, 15) is 4.79 Å². The summed E-state index contributed by atoms with van der Waals surface area (Å²) >= 11 is 0. The largest absolute Gasteiger partial charge is 0.372 e. The first kappa shape index (κ1) is 27.8. The third-order valence-electron chi connectivity index (χ3n) is 8.68. The molecule has 1 aromatic carbocycles. The van der Waals surface area contributed by atoms with E-state index in [1.54, 1.807) is 0 Å². The average molecular weight is 555 g/mol. The molecule has 0 bridgehead atoms. The number of morpholine rings is 1. The number of amides is 1. The van der Waals surface area contributed by atoms with Gasteiger partial charge in [-0.1, -0.05) is 24.3 Å². The second kappa shape index (κ2) is 12.3. The Kier molecular flexibility index (Phi) is 8.32. The third-order valence-corrected chi connectivity index (χ3v) is 8.68. The predicted octanol–water partition coefficient (Wildman–Crippen LogP) is 4.84. The summed E-state index contributed by atoms with van der Waals surface area (Å²) < 4.78 is 8.10. The van der Waals surface area contributed by atoms with Crippen molar-refractivity contribution < 1.29 is 9.53 Å². The Morgan fingerprint density at radius 2 is 1.85 bits per heavy atom. The van der Waals surface area contributed by atoms with Crippen molar-refractivity contribution in [3.05, 3.63) is 71.8 Å². The van der Waals surface area contributed by atoms with Crippen LogP contribution < -0.4 is 5.73 Å². The fourth-order valence-electron chi connectivity index (χ4n) is 6.91. The van der Waals surface area contributed by atoms with Crippen molar-refractivity contribution in [2.45, 2.75) is 77.3 Å². The molecule has 3 aromatic heterocycles. The van der Waals surface area contributed by atoms with Crippen molar-refractivity contribution in [3.63, 3.8) is 0 Å². The first-order valence-corrected chi connectivity index (χ1v) is 15.2. The van der Waals surface area contributed by atoms with Crippen LogP contribution in [0.1, 0.15) is 62.5 Å². The van der Waals surface area contributed by atoms with Gasteiger partial charge in [0.15, 0.2) is 0 Å². The molecule has 3 atom stereocenters. The number of nitrogens with zero attached hydrogens (tertiary/aromatic N) is 5. The molecule has 1 amide bonds. The second-order valence-corrected chi connectivity index (χ2v) is 11.7. The number of para-hydroxylation sites is 1. The monoisotopic (exact) mass is 554 g/mol. The van der Waals surface area contributed by atoms with Crippen LogP contribution in [-0.4, -0.2) is 68.6 Å². The van der Waals surface area contributed by atoms with Crippen LogP contribution in [0.3, 0.4) is 0 Å². The van der Waals surface area contributed by atoms with E-state index >= 15 is 0 Å². The van der Waals surface area contributed by atoms with E-state index < -0.39 is 0 Å². The number of carbonyl (C=O) groups excluding carboxylic acids is 1. The zero-order valence-electron chi connectivity index (χ0n) is 24.3. The number of benzene rings is 1. The van der Waals surface area contributed by atoms with Gasteiger partial charge in [0, 0.05) is 48.3 Å². The molecule has 8 nitrogen and oxygen atoms in total. The molecule has 41 heavy (non-hydrogen) atoms. The van der Waals surface area contributed by atoms with E-state index in [0.29, 0.717) is 26.2 Å². The number of hydrogen-bond donors (Lipinski definition) is 1. The van der Waals surface area contributed by atoms with Gasteiger partial charge in [0.05, 0.1) is 35.2 Å². The van der Waals surface area contributed by atoms with Gasteiger partial charge in [-0.2, -0.15) is 0 Å². The number of ether oxygens (including phenoxy) is 1. The lowest BCUT2D eigenvalue weighted by Crippen LogP contribution is -2.49. The minimum atomic E-state index is 0.0344. The van der Waals surface area contributed by atoms with Crippen LogP contribution >= 0.6 is 0 Å². The Labute approximate surface area is 242 Å². The standard InChI is InChI=1S/C33H42N6O2/c1-23-19-38(20-24(2)41-23)31(40)22-39-29-12-4-3-11-26(29)27-14-17-35-28(33(27)39)21-37(18-6-5-15-34)30-13-7-9-25-10-8-16-36-32(25)30/h3-4,8,10-12,14,16-17,23-24,30H,5-7,9,13,15,18-22,34H2,1-2H3/t23-,24+,30-/m0/s1. The van der Waals surface area contributed by atoms with Crippen LogP contribution in [0.15, 0.2) is 54.9 Å². The minimum Gasteiger partial charge on any atom is -0.372 e. The summed E-state index contributed by atoms with van der Waals surface area (Å²) in [5.74, 6) is 0.120. The normalized spacial score (nSPS) is 21.1. The van der Waals surface area contributed by atoms with Crippen LogP contribution in [0.2, 0.25) is 0 Å². The highest BCUT2D eigenvalue weighted by Gasteiger charge is 2.30. The van der Waals surface area contributed by atoms with Crippen molar-refractivity contribution in [1.29, 1.82) is 0 Å². The highest BCUT2D eigenvalue weighted by molar-refractivity contribution is 6.09. The molecule has 4 aromatic rings. The lowest BCUT2D eigenvalue weighted by Gasteiger charge is -2.36. The van der Waals surface area contributed by atoms with Crippen molar-refractivity contribution >= 4 is 27.7 Å². The number of nitrogens with two attached hydrogens (primary N) is 1. The van der Waals surface area contributed by atoms with Crippen LogP contribution in [0.5, 0.6) is 0 Å². The fourth-order valence-corrected chi connectivity index (χ4v) is 6.91. The van der Waals surface area contributed by atoms with Gasteiger partial charge in [-0.05, 0) is 82.8 Å². The molecule has 216 valence electrons. The molecular weight excluding hydrogens is 512 g/mol. The lowest BCUT2D eigenvalue weighted by molar-refractivity contribution is -0.143. The highest BCUT2D eigenvalue weighted by atomic mass is 16.5. The van der Waals surface area contributed by atoms with Crippen molar-refractivity contribution in [2.75, 3.05) is 26.2 Å². The second-order valence-electron chi connectivity index (χ2n) is 11.7. The molecule has 0 spiro atoms. The van der Waals surface area contributed by atoms with Gasteiger partial charge in [0.1, 0.15) is 6.54 Å². The fraction of sp³-hybridized carbons (Fsp3) is 0.485. The first-order chi connectivity index (χ1) is 20.0. The van der Waals surface area contributed by atoms with Gasteiger partial charge in [-0.25, -0.2) is 0 Å². The zero-order chi connectivity index (χ0) is 28.3. The maximum Gasteiger partial charge on any atom is 0.242 e. The average Bonchev–Trinajstić information content (AvgIpc) is 3.30. The maximum atomic E-state index is 13.7. The van der Waals surface area contributed by atoms with E-state index in [1.807, 2.05) is 37.2 Å². The number of hydrogen-bond acceptors (Lipinski definition) is 6. The predicted molar refractivity (Wildman–Crippen MR) is 162 cm³/mol. The van der Waals surface area contributed by atoms with E-state index in [0.717, 1.165) is 66.1 Å². The van der Waals surface area contributed by atoms with Crippen LogP contribution in [0, 0.1) is 0 Å². The molecule has 0 saturated carbocycles. The number of rotatable bonds is 9. The van der Waals surface area contributed by atoms with Gasteiger partial charge >= 0.3 is 0 Å². The van der Waals surface area contributed by atoms with Gasteiger partial charge in [-0.15, -0.1) is 0 Å². The molecule has 8 heteroatoms. The van der Waals surface area contributed by atoms with Gasteiger partial charge in [-0.3, -0.25) is 19.7 Å². The molecule has 1 aliphatic carbocycles. The van der Waals surface area contributed by atoms with Crippen LogP contribution in [0.4, 0.5) is 0 Å². The summed E-state index contributed by atoms with van der Waals surface area (Å²) in [6.07, 6.45) is 9.24. The van der Waals surface area contributed by atoms with Crippen LogP contribution in [-0.2, 0) is 29.0 Å². The summed E-state index contributed by atoms with van der Waals surface area (Å²) in [6.45, 7) is 7.91. The quantitative estimate of drug-likeness (QED) is 0.298. The van der Waals surface area contributed by atoms with E-state index in [4.69, 9.17) is 20.4 Å². The molecule has 6 rings (SSSR count). The number of pyridine rings is 2. The Morgan fingerprint density at radius 3 is 2.68 bits per heavy atom. The number of carbonyl (C=O) groups is 1. The molecule has 1 saturated heterocycles. The topological polar surface area (TPSA) is 89.5 Å². The molecule has 0 unspecified atom stereocenters. The Morgan fingerprint density at radius 1 is 1.02 bits per heavy atom. The number of aryl methyl sites for hydroxylation is 1. The summed E-state index contributed by atoms with van der Waals surface area (Å²) in [4.78, 5) is 28.1. The van der Waals surface area contributed by atoms with E-state index in [2.05, 4.69) is 45.9 Å². The van der Waals surface area contributed by atoms with E-state index in [1.165, 1.54) is 11.3 Å². The molecular formula is C33H42N6O2. The SMILES string of the molecule is C[C@@H]1CN(C(=O)Cn2c3ccccc3c3ccnc(CN(CCCCN)[C@H]4CCCc5cccnc54)c32)C[C@H](C)O1. The minimum absolute atomic E-state index is 0.0344.